The molecule has 1 heterocycles. The van der Waals surface area contributed by atoms with E-state index in [2.05, 4.69) is 57.0 Å². The molecular weight excluding hydrogens is 250 g/mol. The van der Waals surface area contributed by atoms with Crippen LogP contribution in [0, 0.1) is 0 Å². The monoisotopic (exact) mass is 271 g/mol. The van der Waals surface area contributed by atoms with Gasteiger partial charge in [-0.25, -0.2) is 0 Å². The number of aromatic nitrogens is 3. The summed E-state index contributed by atoms with van der Waals surface area (Å²) in [6, 6.07) is 10.5. The van der Waals surface area contributed by atoms with Crippen molar-refractivity contribution in [3.8, 4) is 0 Å². The molecular formula is C15H21N5. The SMILES string of the molecule is CCCNc1cnnc(NCCCc2ccccc2)n1. The molecule has 1 aromatic heterocycles. The third kappa shape index (κ3) is 4.84. The predicted octanol–water partition coefficient (Wildman–Crippen LogP) is 2.74. The molecule has 106 valence electrons. The van der Waals surface area contributed by atoms with Gasteiger partial charge < -0.3 is 10.6 Å². The van der Waals surface area contributed by atoms with Crippen LogP contribution in [0.3, 0.4) is 0 Å². The Labute approximate surface area is 119 Å². The van der Waals surface area contributed by atoms with E-state index >= 15 is 0 Å². The van der Waals surface area contributed by atoms with Gasteiger partial charge >= 0.3 is 0 Å². The van der Waals surface area contributed by atoms with Gasteiger partial charge in [0.25, 0.3) is 0 Å². The number of rotatable bonds is 8. The van der Waals surface area contributed by atoms with E-state index in [1.54, 1.807) is 6.20 Å². The Bertz CT molecular complexity index is 501. The van der Waals surface area contributed by atoms with Crippen molar-refractivity contribution in [1.29, 1.82) is 0 Å². The largest absolute Gasteiger partial charge is 0.369 e. The molecule has 0 aliphatic carbocycles. The van der Waals surface area contributed by atoms with Crippen LogP contribution in [0.2, 0.25) is 0 Å². The van der Waals surface area contributed by atoms with Crippen molar-refractivity contribution >= 4 is 11.8 Å². The van der Waals surface area contributed by atoms with Crippen LogP contribution in [0.4, 0.5) is 11.8 Å². The van der Waals surface area contributed by atoms with Gasteiger partial charge in [-0.1, -0.05) is 37.3 Å². The summed E-state index contributed by atoms with van der Waals surface area (Å²) in [5.41, 5.74) is 1.35. The predicted molar refractivity (Wildman–Crippen MR) is 81.9 cm³/mol. The maximum atomic E-state index is 4.36. The molecule has 0 atom stereocenters. The van der Waals surface area contributed by atoms with E-state index in [9.17, 15) is 0 Å². The van der Waals surface area contributed by atoms with Crippen molar-refractivity contribution in [2.24, 2.45) is 0 Å². The molecule has 0 unspecified atom stereocenters. The molecule has 2 aromatic rings. The first kappa shape index (κ1) is 14.2. The molecule has 5 heteroatoms. The molecule has 0 saturated heterocycles. The third-order valence-corrected chi connectivity index (χ3v) is 2.88. The topological polar surface area (TPSA) is 62.7 Å². The second-order valence-electron chi connectivity index (χ2n) is 4.61. The van der Waals surface area contributed by atoms with Gasteiger partial charge in [0, 0.05) is 13.1 Å². The maximum absolute atomic E-state index is 4.36. The summed E-state index contributed by atoms with van der Waals surface area (Å²) in [5.74, 6) is 1.35. The van der Waals surface area contributed by atoms with E-state index in [4.69, 9.17) is 0 Å². The highest BCUT2D eigenvalue weighted by atomic mass is 15.3. The minimum Gasteiger partial charge on any atom is -0.369 e. The fourth-order valence-electron chi connectivity index (χ4n) is 1.85. The van der Waals surface area contributed by atoms with Gasteiger partial charge in [0.15, 0.2) is 0 Å². The summed E-state index contributed by atoms with van der Waals surface area (Å²) in [7, 11) is 0. The van der Waals surface area contributed by atoms with Gasteiger partial charge in [-0.3, -0.25) is 0 Å². The summed E-state index contributed by atoms with van der Waals surface area (Å²) in [6.45, 7) is 3.85. The average molecular weight is 271 g/mol. The summed E-state index contributed by atoms with van der Waals surface area (Å²) in [6.07, 6.45) is 4.80. The van der Waals surface area contributed by atoms with Gasteiger partial charge in [-0.2, -0.15) is 10.1 Å². The van der Waals surface area contributed by atoms with E-state index in [0.717, 1.165) is 38.2 Å². The van der Waals surface area contributed by atoms with Gasteiger partial charge in [-0.05, 0) is 24.8 Å². The molecule has 1 aromatic carbocycles. The van der Waals surface area contributed by atoms with Crippen molar-refractivity contribution in [3.63, 3.8) is 0 Å². The molecule has 0 amide bonds. The standard InChI is InChI=1S/C15H21N5/c1-2-10-16-14-12-18-20-15(19-14)17-11-6-9-13-7-4-3-5-8-13/h3-5,7-8,12H,2,6,9-11H2,1H3,(H2,16,17,19,20). The van der Waals surface area contributed by atoms with Gasteiger partial charge in [0.05, 0.1) is 6.20 Å². The highest BCUT2D eigenvalue weighted by Crippen LogP contribution is 2.05. The minimum atomic E-state index is 0.583. The number of anilines is 2. The molecule has 0 radical (unpaired) electrons. The lowest BCUT2D eigenvalue weighted by atomic mass is 10.1. The van der Waals surface area contributed by atoms with E-state index in [1.807, 2.05) is 6.07 Å². The van der Waals surface area contributed by atoms with Crippen LogP contribution in [0.1, 0.15) is 25.3 Å². The summed E-state index contributed by atoms with van der Waals surface area (Å²) in [5, 5.41) is 14.3. The smallest absolute Gasteiger partial charge is 0.244 e. The Kier molecular flexibility index (Phi) is 5.76. The molecule has 0 aliphatic heterocycles. The Morgan fingerprint density at radius 1 is 1.05 bits per heavy atom. The van der Waals surface area contributed by atoms with Crippen LogP contribution in [-0.4, -0.2) is 28.3 Å². The first-order chi connectivity index (χ1) is 9.88. The van der Waals surface area contributed by atoms with Gasteiger partial charge in [0.1, 0.15) is 5.82 Å². The van der Waals surface area contributed by atoms with Crippen LogP contribution in [0.15, 0.2) is 36.5 Å². The van der Waals surface area contributed by atoms with Crippen LogP contribution in [0.25, 0.3) is 0 Å². The van der Waals surface area contributed by atoms with Crippen LogP contribution >= 0.6 is 0 Å². The summed E-state index contributed by atoms with van der Waals surface area (Å²) in [4.78, 5) is 4.36. The molecule has 5 nitrogen and oxygen atoms in total. The zero-order chi connectivity index (χ0) is 14.0. The second kappa shape index (κ2) is 8.09. The summed E-state index contributed by atoms with van der Waals surface area (Å²) >= 11 is 0. The van der Waals surface area contributed by atoms with Crippen molar-refractivity contribution < 1.29 is 0 Å². The quantitative estimate of drug-likeness (QED) is 0.723. The van der Waals surface area contributed by atoms with E-state index in [-0.39, 0.29) is 0 Å². The molecule has 0 bridgehead atoms. The molecule has 20 heavy (non-hydrogen) atoms. The normalized spacial score (nSPS) is 10.2. The Hall–Kier alpha value is -2.17. The zero-order valence-electron chi connectivity index (χ0n) is 11.8. The Morgan fingerprint density at radius 3 is 2.70 bits per heavy atom. The lowest BCUT2D eigenvalue weighted by Gasteiger charge is -2.06. The number of hydrogen-bond donors (Lipinski definition) is 2. The minimum absolute atomic E-state index is 0.583. The molecule has 0 spiro atoms. The fourth-order valence-corrected chi connectivity index (χ4v) is 1.85. The zero-order valence-corrected chi connectivity index (χ0v) is 11.8. The van der Waals surface area contributed by atoms with Crippen molar-refractivity contribution in [2.75, 3.05) is 23.7 Å². The van der Waals surface area contributed by atoms with Gasteiger partial charge in [0.2, 0.25) is 5.95 Å². The fraction of sp³-hybridized carbons (Fsp3) is 0.400. The highest BCUT2D eigenvalue weighted by molar-refractivity contribution is 5.36. The van der Waals surface area contributed by atoms with Crippen molar-refractivity contribution in [3.05, 3.63) is 42.1 Å². The number of hydrogen-bond acceptors (Lipinski definition) is 5. The number of aryl methyl sites for hydroxylation is 1. The first-order valence-electron chi connectivity index (χ1n) is 7.10. The Morgan fingerprint density at radius 2 is 1.90 bits per heavy atom. The van der Waals surface area contributed by atoms with Crippen LogP contribution in [-0.2, 0) is 6.42 Å². The number of nitrogens with zero attached hydrogens (tertiary/aromatic N) is 3. The number of benzene rings is 1. The number of nitrogens with one attached hydrogen (secondary N) is 2. The molecule has 0 aliphatic rings. The lowest BCUT2D eigenvalue weighted by Crippen LogP contribution is -2.10. The first-order valence-corrected chi connectivity index (χ1v) is 7.10. The Balaban J connectivity index is 1.73. The van der Waals surface area contributed by atoms with Crippen molar-refractivity contribution in [2.45, 2.75) is 26.2 Å². The second-order valence-corrected chi connectivity index (χ2v) is 4.61. The van der Waals surface area contributed by atoms with Crippen molar-refractivity contribution in [1.82, 2.24) is 15.2 Å². The van der Waals surface area contributed by atoms with E-state index in [0.29, 0.717) is 5.95 Å². The van der Waals surface area contributed by atoms with Gasteiger partial charge in [-0.15, -0.1) is 5.10 Å². The molecule has 0 fully saturated rings. The van der Waals surface area contributed by atoms with E-state index < -0.39 is 0 Å². The summed E-state index contributed by atoms with van der Waals surface area (Å²) < 4.78 is 0. The molecule has 0 saturated carbocycles. The average Bonchev–Trinajstić information content (AvgIpc) is 2.51. The highest BCUT2D eigenvalue weighted by Gasteiger charge is 1.99. The molecule has 2 N–H and O–H groups in total. The third-order valence-electron chi connectivity index (χ3n) is 2.88. The molecule has 2 rings (SSSR count). The maximum Gasteiger partial charge on any atom is 0.244 e. The lowest BCUT2D eigenvalue weighted by molar-refractivity contribution is 0.841. The van der Waals surface area contributed by atoms with Crippen LogP contribution in [0.5, 0.6) is 0 Å². The van der Waals surface area contributed by atoms with Crippen LogP contribution < -0.4 is 10.6 Å². The van der Waals surface area contributed by atoms with E-state index in [1.165, 1.54) is 5.56 Å².